The molecule has 1 amide bonds. The van der Waals surface area contributed by atoms with Crippen LogP contribution in [0.4, 0.5) is 13.2 Å². The normalized spacial score (nSPS) is 12.6. The Labute approximate surface area is 158 Å². The molecule has 2 aromatic carbocycles. The molecule has 0 unspecified atom stereocenters. The Balaban J connectivity index is 1.85. The Kier molecular flexibility index (Phi) is 5.51. The van der Waals surface area contributed by atoms with Gasteiger partial charge in [-0.3, -0.25) is 9.78 Å². The molecule has 0 aliphatic carbocycles. The molecule has 0 bridgehead atoms. The molecule has 2 N–H and O–H groups in total. The number of nitrogens with zero attached hydrogens (tertiary/aromatic N) is 1. The van der Waals surface area contributed by atoms with Crippen molar-refractivity contribution in [3.8, 4) is 11.5 Å². The molecule has 1 heterocycles. The zero-order valence-corrected chi connectivity index (χ0v) is 14.8. The molecule has 1 atom stereocenters. The monoisotopic (exact) mass is 390 g/mol. The van der Waals surface area contributed by atoms with Crippen molar-refractivity contribution in [2.75, 3.05) is 6.61 Å². The van der Waals surface area contributed by atoms with E-state index in [4.69, 9.17) is 9.84 Å². The highest BCUT2D eigenvalue weighted by Gasteiger charge is 2.30. The van der Waals surface area contributed by atoms with E-state index in [-0.39, 0.29) is 18.3 Å². The van der Waals surface area contributed by atoms with E-state index in [2.05, 4.69) is 10.3 Å². The maximum atomic E-state index is 12.7. The second kappa shape index (κ2) is 7.85. The van der Waals surface area contributed by atoms with Crippen LogP contribution in [0.5, 0.6) is 11.5 Å². The minimum absolute atomic E-state index is 0.183. The molecule has 0 saturated heterocycles. The summed E-state index contributed by atoms with van der Waals surface area (Å²) >= 11 is 0. The second-order valence-corrected chi connectivity index (χ2v) is 6.23. The van der Waals surface area contributed by atoms with Crippen LogP contribution in [0.3, 0.4) is 0 Å². The number of halogens is 3. The molecule has 0 aliphatic rings. The minimum Gasteiger partial charge on any atom is -0.455 e. The zero-order valence-electron chi connectivity index (χ0n) is 14.8. The van der Waals surface area contributed by atoms with Crippen molar-refractivity contribution in [2.45, 2.75) is 19.1 Å². The number of ether oxygens (including phenoxy) is 1. The topological polar surface area (TPSA) is 71.5 Å². The molecule has 0 radical (unpaired) electrons. The molecule has 0 spiro atoms. The summed E-state index contributed by atoms with van der Waals surface area (Å²) in [6, 6.07) is 10.7. The van der Waals surface area contributed by atoms with Gasteiger partial charge in [-0.15, -0.1) is 0 Å². The third kappa shape index (κ3) is 4.40. The zero-order chi connectivity index (χ0) is 20.3. The summed E-state index contributed by atoms with van der Waals surface area (Å²) < 4.78 is 43.7. The number of alkyl halides is 3. The number of para-hydroxylation sites is 1. The van der Waals surface area contributed by atoms with E-state index < -0.39 is 17.8 Å². The number of nitrogens with one attached hydrogen (secondary N) is 1. The number of hydrogen-bond acceptors (Lipinski definition) is 4. The van der Waals surface area contributed by atoms with Gasteiger partial charge in [0.25, 0.3) is 5.91 Å². The average Bonchev–Trinajstić information content (AvgIpc) is 2.67. The summed E-state index contributed by atoms with van der Waals surface area (Å²) in [6.07, 6.45) is -3.04. The molecule has 0 saturated carbocycles. The highest BCUT2D eigenvalue weighted by atomic mass is 19.4. The number of benzene rings is 2. The van der Waals surface area contributed by atoms with Crippen LogP contribution in [-0.4, -0.2) is 28.6 Å². The van der Waals surface area contributed by atoms with E-state index in [1.54, 1.807) is 31.2 Å². The molecule has 5 nitrogen and oxygen atoms in total. The van der Waals surface area contributed by atoms with Crippen molar-refractivity contribution in [1.82, 2.24) is 10.3 Å². The van der Waals surface area contributed by atoms with Gasteiger partial charge in [-0.25, -0.2) is 0 Å². The first-order valence-electron chi connectivity index (χ1n) is 8.43. The van der Waals surface area contributed by atoms with Crippen LogP contribution in [0.25, 0.3) is 10.9 Å². The highest BCUT2D eigenvalue weighted by molar-refractivity contribution is 5.98. The van der Waals surface area contributed by atoms with Gasteiger partial charge in [0.05, 0.1) is 17.7 Å². The molecule has 0 fully saturated rings. The predicted molar refractivity (Wildman–Crippen MR) is 97.3 cm³/mol. The number of aliphatic hydroxyl groups excluding tert-OH is 1. The second-order valence-electron chi connectivity index (χ2n) is 6.23. The van der Waals surface area contributed by atoms with E-state index in [0.29, 0.717) is 22.2 Å². The van der Waals surface area contributed by atoms with E-state index in [1.807, 2.05) is 0 Å². The van der Waals surface area contributed by atoms with Crippen molar-refractivity contribution in [3.05, 3.63) is 65.9 Å². The Hall–Kier alpha value is -3.13. The number of carbonyl (C=O) groups is 1. The lowest BCUT2D eigenvalue weighted by Crippen LogP contribution is -2.35. The summed E-state index contributed by atoms with van der Waals surface area (Å²) in [7, 11) is 0. The van der Waals surface area contributed by atoms with Crippen molar-refractivity contribution in [1.29, 1.82) is 0 Å². The standard InChI is InChI=1S/C20H17F3N2O3/c1-12(11-26)25-19(27)14-9-13-3-2-4-17(18(13)24-10-14)28-16-7-5-15(6-8-16)20(21,22)23/h2-10,12,26H,11H2,1H3,(H,25,27)/t12-/m1/s1. The number of fused-ring (bicyclic) bond motifs is 1. The number of pyridine rings is 1. The lowest BCUT2D eigenvalue weighted by Gasteiger charge is -2.12. The fourth-order valence-corrected chi connectivity index (χ4v) is 2.53. The molecular formula is C20H17F3N2O3. The molecule has 3 aromatic rings. The van der Waals surface area contributed by atoms with Gasteiger partial charge in [-0.2, -0.15) is 13.2 Å². The first-order chi connectivity index (χ1) is 13.3. The van der Waals surface area contributed by atoms with Crippen molar-refractivity contribution >= 4 is 16.8 Å². The molecular weight excluding hydrogens is 373 g/mol. The number of carbonyl (C=O) groups excluding carboxylic acids is 1. The average molecular weight is 390 g/mol. The summed E-state index contributed by atoms with van der Waals surface area (Å²) in [5.74, 6) is 0.221. The third-order valence-electron chi connectivity index (χ3n) is 4.00. The number of aliphatic hydroxyl groups is 1. The van der Waals surface area contributed by atoms with Crippen LogP contribution in [-0.2, 0) is 6.18 Å². The van der Waals surface area contributed by atoms with E-state index in [9.17, 15) is 18.0 Å². The lowest BCUT2D eigenvalue weighted by atomic mass is 10.1. The molecule has 3 rings (SSSR count). The van der Waals surface area contributed by atoms with Gasteiger partial charge in [0.1, 0.15) is 11.3 Å². The first kappa shape index (κ1) is 19.6. The SMILES string of the molecule is C[C@H](CO)NC(=O)c1cnc2c(Oc3ccc(C(F)(F)F)cc3)cccc2c1. The Morgan fingerprint density at radius 1 is 1.21 bits per heavy atom. The van der Waals surface area contributed by atoms with E-state index in [1.165, 1.54) is 18.3 Å². The molecule has 8 heteroatoms. The number of rotatable bonds is 5. The van der Waals surface area contributed by atoms with E-state index in [0.717, 1.165) is 12.1 Å². The first-order valence-corrected chi connectivity index (χ1v) is 8.43. The summed E-state index contributed by atoms with van der Waals surface area (Å²) in [6.45, 7) is 1.49. The maximum absolute atomic E-state index is 12.7. The van der Waals surface area contributed by atoms with Gasteiger partial charge < -0.3 is 15.2 Å². The predicted octanol–water partition coefficient (Wildman–Crippen LogP) is 4.16. The van der Waals surface area contributed by atoms with Gasteiger partial charge >= 0.3 is 6.18 Å². The number of amides is 1. The lowest BCUT2D eigenvalue weighted by molar-refractivity contribution is -0.137. The molecule has 1 aromatic heterocycles. The summed E-state index contributed by atoms with van der Waals surface area (Å²) in [5, 5.41) is 12.3. The molecule has 28 heavy (non-hydrogen) atoms. The Bertz CT molecular complexity index is 988. The van der Waals surface area contributed by atoms with Crippen LogP contribution in [0.2, 0.25) is 0 Å². The molecule has 146 valence electrons. The van der Waals surface area contributed by atoms with Gasteiger partial charge in [0.2, 0.25) is 0 Å². The number of hydrogen-bond donors (Lipinski definition) is 2. The quantitative estimate of drug-likeness (QED) is 0.686. The minimum atomic E-state index is -4.41. The fourth-order valence-electron chi connectivity index (χ4n) is 2.53. The van der Waals surface area contributed by atoms with Crippen molar-refractivity contribution in [2.24, 2.45) is 0 Å². The van der Waals surface area contributed by atoms with Crippen LogP contribution < -0.4 is 10.1 Å². The highest BCUT2D eigenvalue weighted by Crippen LogP contribution is 2.33. The fraction of sp³-hybridized carbons (Fsp3) is 0.200. The third-order valence-corrected chi connectivity index (χ3v) is 4.00. The van der Waals surface area contributed by atoms with Crippen molar-refractivity contribution < 1.29 is 27.8 Å². The maximum Gasteiger partial charge on any atom is 0.416 e. The Morgan fingerprint density at radius 2 is 1.93 bits per heavy atom. The van der Waals surface area contributed by atoms with Crippen LogP contribution in [0, 0.1) is 0 Å². The van der Waals surface area contributed by atoms with Crippen molar-refractivity contribution in [3.63, 3.8) is 0 Å². The van der Waals surface area contributed by atoms with Crippen LogP contribution in [0.15, 0.2) is 54.7 Å². The van der Waals surface area contributed by atoms with Gasteiger partial charge in [-0.1, -0.05) is 12.1 Å². The van der Waals surface area contributed by atoms with Gasteiger partial charge in [0, 0.05) is 17.6 Å². The van der Waals surface area contributed by atoms with Gasteiger partial charge in [-0.05, 0) is 43.3 Å². The largest absolute Gasteiger partial charge is 0.455 e. The van der Waals surface area contributed by atoms with Gasteiger partial charge in [0.15, 0.2) is 5.75 Å². The summed E-state index contributed by atoms with van der Waals surface area (Å²) in [5.41, 5.74) is 0.0253. The van der Waals surface area contributed by atoms with Crippen LogP contribution in [0.1, 0.15) is 22.8 Å². The van der Waals surface area contributed by atoms with Crippen LogP contribution >= 0.6 is 0 Å². The Morgan fingerprint density at radius 3 is 2.57 bits per heavy atom. The molecule has 0 aliphatic heterocycles. The number of aromatic nitrogens is 1. The summed E-state index contributed by atoms with van der Waals surface area (Å²) in [4.78, 5) is 16.4. The van der Waals surface area contributed by atoms with E-state index >= 15 is 0 Å². The smallest absolute Gasteiger partial charge is 0.416 e.